The highest BCUT2D eigenvalue weighted by atomic mass is 32.2. The van der Waals surface area contributed by atoms with Crippen molar-refractivity contribution in [2.75, 3.05) is 12.9 Å². The van der Waals surface area contributed by atoms with Crippen LogP contribution in [0.15, 0.2) is 66.1 Å². The van der Waals surface area contributed by atoms with Crippen molar-refractivity contribution in [2.45, 2.75) is 18.0 Å². The van der Waals surface area contributed by atoms with Gasteiger partial charge in [-0.1, -0.05) is 30.4 Å². The van der Waals surface area contributed by atoms with Crippen molar-refractivity contribution in [1.29, 1.82) is 0 Å². The number of esters is 1. The van der Waals surface area contributed by atoms with E-state index in [4.69, 9.17) is 15.2 Å². The average Bonchev–Trinajstić information content (AvgIpc) is 2.81. The average molecular weight is 423 g/mol. The molecule has 7 nitrogen and oxygen atoms in total. The molecule has 8 heteroatoms. The maximum absolute atomic E-state index is 13.0. The summed E-state index contributed by atoms with van der Waals surface area (Å²) in [4.78, 5) is 30.9. The van der Waals surface area contributed by atoms with Crippen LogP contribution < -0.4 is 10.5 Å². The monoisotopic (exact) mass is 423 g/mol. The van der Waals surface area contributed by atoms with Crippen molar-refractivity contribution >= 4 is 29.7 Å². The number of ether oxygens (including phenoxy) is 2. The second-order valence-corrected chi connectivity index (χ2v) is 7.96. The predicted octanol–water partition coefficient (Wildman–Crippen LogP) is 2.34. The number of thioether (sulfide) groups is 1. The zero-order valence-electron chi connectivity index (χ0n) is 16.4. The number of fused-ring (bicyclic) bond motifs is 1. The normalized spacial score (nSPS) is 20.7. The largest absolute Gasteiger partial charge is 0.497 e. The van der Waals surface area contributed by atoms with E-state index < -0.39 is 12.0 Å². The smallest absolute Gasteiger partial charge is 0.355 e. The lowest BCUT2D eigenvalue weighted by atomic mass is 10.0. The number of hydrogen-bond acceptors (Lipinski definition) is 7. The fourth-order valence-electron chi connectivity index (χ4n) is 3.27. The van der Waals surface area contributed by atoms with Gasteiger partial charge in [-0.25, -0.2) is 4.79 Å². The van der Waals surface area contributed by atoms with Gasteiger partial charge in [0.05, 0.1) is 7.11 Å². The first-order chi connectivity index (χ1) is 14.6. The molecule has 1 saturated heterocycles. The van der Waals surface area contributed by atoms with Crippen LogP contribution >= 0.6 is 11.8 Å². The van der Waals surface area contributed by atoms with E-state index in [1.54, 1.807) is 43.4 Å². The van der Waals surface area contributed by atoms with Crippen molar-refractivity contribution in [2.24, 2.45) is 5.73 Å². The molecule has 2 atom stereocenters. The molecule has 30 heavy (non-hydrogen) atoms. The van der Waals surface area contributed by atoms with Gasteiger partial charge in [0.25, 0.3) is 0 Å². The highest BCUT2D eigenvalue weighted by Gasteiger charge is 2.51. The number of nitrogens with two attached hydrogens (primary N) is 1. The number of benzene rings is 1. The molecule has 0 spiro atoms. The minimum Gasteiger partial charge on any atom is -0.497 e. The number of β-lactam (4-membered cyclic amide) rings is 1. The van der Waals surface area contributed by atoms with Crippen LogP contribution in [0, 0.1) is 0 Å². The van der Waals surface area contributed by atoms with Crippen molar-refractivity contribution in [1.82, 2.24) is 9.88 Å². The Kier molecular flexibility index (Phi) is 5.87. The van der Waals surface area contributed by atoms with E-state index in [0.717, 1.165) is 22.4 Å². The maximum atomic E-state index is 13.0. The summed E-state index contributed by atoms with van der Waals surface area (Å²) in [5.41, 5.74) is 8.62. The molecule has 1 amide bonds. The molecule has 2 aliphatic heterocycles. The summed E-state index contributed by atoms with van der Waals surface area (Å²) in [6.45, 7) is 0.0951. The van der Waals surface area contributed by atoms with Crippen molar-refractivity contribution < 1.29 is 19.1 Å². The summed E-state index contributed by atoms with van der Waals surface area (Å²) in [6, 6.07) is 10.4. The molecule has 1 aromatic carbocycles. The van der Waals surface area contributed by atoms with Gasteiger partial charge in [0.15, 0.2) is 0 Å². The molecular weight excluding hydrogens is 402 g/mol. The third-order valence-corrected chi connectivity index (χ3v) is 6.25. The molecule has 2 N–H and O–H groups in total. The van der Waals surface area contributed by atoms with Crippen LogP contribution in [0.4, 0.5) is 0 Å². The molecular formula is C22H21N3O4S. The lowest BCUT2D eigenvalue weighted by Gasteiger charge is -2.48. The van der Waals surface area contributed by atoms with E-state index in [-0.39, 0.29) is 23.6 Å². The lowest BCUT2D eigenvalue weighted by Crippen LogP contribution is -2.68. The van der Waals surface area contributed by atoms with Crippen LogP contribution in [-0.2, 0) is 20.9 Å². The Labute approximate surface area is 178 Å². The first-order valence-corrected chi connectivity index (χ1v) is 10.4. The van der Waals surface area contributed by atoms with E-state index in [0.29, 0.717) is 5.75 Å². The van der Waals surface area contributed by atoms with Crippen LogP contribution in [0.25, 0.3) is 6.08 Å². The standard InChI is InChI=1S/C22H21N3O4S/c1-28-17-8-5-15(6-9-17)12-29-22(27)19-16(7-4-14-3-2-10-24-11-14)13-30-21-18(23)20(26)25(19)21/h2-11,18,21H,12-13,23H2,1H3/b7-4-/t18?,21-/m1/s1. The van der Waals surface area contributed by atoms with E-state index in [1.165, 1.54) is 4.90 Å². The highest BCUT2D eigenvalue weighted by Crippen LogP contribution is 2.40. The third kappa shape index (κ3) is 3.96. The van der Waals surface area contributed by atoms with Gasteiger partial charge in [-0.2, -0.15) is 0 Å². The Hall–Kier alpha value is -3.10. The lowest BCUT2D eigenvalue weighted by molar-refractivity contribution is -0.151. The van der Waals surface area contributed by atoms with Crippen LogP contribution in [0.2, 0.25) is 0 Å². The molecule has 1 unspecified atom stereocenters. The third-order valence-electron chi connectivity index (χ3n) is 4.92. The molecule has 2 aliphatic rings. The number of carbonyl (C=O) groups is 2. The van der Waals surface area contributed by atoms with Crippen LogP contribution in [-0.4, -0.2) is 46.0 Å². The van der Waals surface area contributed by atoms with E-state index in [1.807, 2.05) is 36.4 Å². The van der Waals surface area contributed by atoms with Gasteiger partial charge in [-0.3, -0.25) is 14.7 Å². The number of amides is 1. The Morgan fingerprint density at radius 3 is 2.80 bits per heavy atom. The molecule has 0 saturated carbocycles. The number of hydrogen-bond donors (Lipinski definition) is 1. The first-order valence-electron chi connectivity index (χ1n) is 9.40. The fourth-order valence-corrected chi connectivity index (χ4v) is 4.53. The second-order valence-electron chi connectivity index (χ2n) is 6.85. The van der Waals surface area contributed by atoms with Gasteiger partial charge >= 0.3 is 5.97 Å². The molecule has 0 radical (unpaired) electrons. The Bertz CT molecular complexity index is 1000. The van der Waals surface area contributed by atoms with Gasteiger partial charge in [0.2, 0.25) is 5.91 Å². The van der Waals surface area contributed by atoms with Gasteiger partial charge in [0, 0.05) is 18.1 Å². The molecule has 154 valence electrons. The Morgan fingerprint density at radius 1 is 1.30 bits per heavy atom. The van der Waals surface area contributed by atoms with Gasteiger partial charge in [0.1, 0.15) is 29.5 Å². The van der Waals surface area contributed by atoms with E-state index in [9.17, 15) is 9.59 Å². The minimum atomic E-state index is -0.594. The minimum absolute atomic E-state index is 0.0951. The molecule has 3 heterocycles. The second kappa shape index (κ2) is 8.73. The summed E-state index contributed by atoms with van der Waals surface area (Å²) in [6.07, 6.45) is 7.12. The molecule has 0 bridgehead atoms. The van der Waals surface area contributed by atoms with Crippen LogP contribution in [0.3, 0.4) is 0 Å². The summed E-state index contributed by atoms with van der Waals surface area (Å²) in [5, 5.41) is -0.239. The van der Waals surface area contributed by atoms with Gasteiger partial charge in [-0.05, 0) is 34.9 Å². The summed E-state index contributed by atoms with van der Waals surface area (Å²) >= 11 is 1.54. The van der Waals surface area contributed by atoms with Crippen molar-refractivity contribution in [3.8, 4) is 5.75 Å². The molecule has 1 aromatic heterocycles. The fraction of sp³-hybridized carbons (Fsp3) is 0.227. The number of nitrogens with zero attached hydrogens (tertiary/aromatic N) is 2. The number of carbonyl (C=O) groups excluding carboxylic acids is 2. The topological polar surface area (TPSA) is 94.7 Å². The summed E-state index contributed by atoms with van der Waals surface area (Å²) in [5.74, 6) is 0.479. The van der Waals surface area contributed by atoms with Crippen LogP contribution in [0.5, 0.6) is 5.75 Å². The van der Waals surface area contributed by atoms with Gasteiger partial charge in [-0.15, -0.1) is 11.8 Å². The molecule has 2 aromatic rings. The molecule has 1 fully saturated rings. The molecule has 4 rings (SSSR count). The number of allylic oxidation sites excluding steroid dienone is 1. The highest BCUT2D eigenvalue weighted by molar-refractivity contribution is 8.00. The zero-order valence-corrected chi connectivity index (χ0v) is 17.2. The number of aromatic nitrogens is 1. The Balaban J connectivity index is 1.56. The molecule has 0 aliphatic carbocycles. The van der Waals surface area contributed by atoms with Crippen molar-refractivity contribution in [3.63, 3.8) is 0 Å². The van der Waals surface area contributed by atoms with Crippen LogP contribution in [0.1, 0.15) is 11.1 Å². The number of methoxy groups -OCH3 is 1. The zero-order chi connectivity index (χ0) is 21.1. The quantitative estimate of drug-likeness (QED) is 0.563. The predicted molar refractivity (Wildman–Crippen MR) is 114 cm³/mol. The number of rotatable bonds is 6. The maximum Gasteiger partial charge on any atom is 0.355 e. The van der Waals surface area contributed by atoms with E-state index in [2.05, 4.69) is 4.98 Å². The van der Waals surface area contributed by atoms with E-state index >= 15 is 0 Å². The van der Waals surface area contributed by atoms with Gasteiger partial charge < -0.3 is 15.2 Å². The Morgan fingerprint density at radius 2 is 2.10 bits per heavy atom. The first kappa shape index (κ1) is 20.2. The SMILES string of the molecule is COc1ccc(COC(=O)C2=C(/C=C\c3cccnc3)CS[C@@H]3C(N)C(=O)N23)cc1. The summed E-state index contributed by atoms with van der Waals surface area (Å²) < 4.78 is 10.7. The number of pyridine rings is 1. The van der Waals surface area contributed by atoms with Crippen molar-refractivity contribution in [3.05, 3.63) is 77.3 Å². The summed E-state index contributed by atoms with van der Waals surface area (Å²) in [7, 11) is 1.59.